The molecule has 0 radical (unpaired) electrons. The molecule has 1 aliphatic heterocycles. The van der Waals surface area contributed by atoms with Crippen molar-refractivity contribution in [1.29, 1.82) is 0 Å². The Bertz CT molecular complexity index is 670. The van der Waals surface area contributed by atoms with E-state index < -0.39 is 5.60 Å². The zero-order chi connectivity index (χ0) is 16.4. The van der Waals surface area contributed by atoms with E-state index in [2.05, 4.69) is 28.9 Å². The van der Waals surface area contributed by atoms with E-state index in [1.807, 2.05) is 38.1 Å². The lowest BCUT2D eigenvalue weighted by molar-refractivity contribution is -0.0528. The number of aromatic nitrogens is 2. The van der Waals surface area contributed by atoms with E-state index in [4.69, 9.17) is 4.98 Å². The summed E-state index contributed by atoms with van der Waals surface area (Å²) in [5, 5.41) is 10.3. The lowest BCUT2D eigenvalue weighted by atomic mass is 9.84. The van der Waals surface area contributed by atoms with Crippen LogP contribution in [-0.2, 0) is 6.54 Å². The molecule has 122 valence electrons. The highest BCUT2D eigenvalue weighted by atomic mass is 16.3. The van der Waals surface area contributed by atoms with Gasteiger partial charge in [0.15, 0.2) is 0 Å². The lowest BCUT2D eigenvalue weighted by Crippen LogP contribution is -2.48. The fraction of sp³-hybridized carbons (Fsp3) is 0.474. The maximum absolute atomic E-state index is 10.3. The average molecular weight is 311 g/mol. The van der Waals surface area contributed by atoms with E-state index in [1.165, 1.54) is 0 Å². The van der Waals surface area contributed by atoms with Crippen LogP contribution in [0.4, 0.5) is 0 Å². The second kappa shape index (κ2) is 6.38. The van der Waals surface area contributed by atoms with E-state index >= 15 is 0 Å². The fourth-order valence-corrected chi connectivity index (χ4v) is 3.11. The van der Waals surface area contributed by atoms with Crippen molar-refractivity contribution in [2.75, 3.05) is 13.1 Å². The molecule has 1 aliphatic rings. The molecule has 0 unspecified atom stereocenters. The highest BCUT2D eigenvalue weighted by molar-refractivity contribution is 5.58. The standard InChI is InChI=1S/C19H25N3O/c1-14-12-22(10-9-19(14,3)23)13-18-20-15(2)11-17(21-18)16-7-5-4-6-8-16/h4-8,11,14,23H,9-10,12-13H2,1-3H3/t14-,19+/m0/s1. The van der Waals surface area contributed by atoms with Crippen molar-refractivity contribution >= 4 is 0 Å². The van der Waals surface area contributed by atoms with Crippen LogP contribution >= 0.6 is 0 Å². The first kappa shape index (κ1) is 16.1. The minimum Gasteiger partial charge on any atom is -0.390 e. The summed E-state index contributed by atoms with van der Waals surface area (Å²) in [5.74, 6) is 1.12. The molecule has 2 heterocycles. The second-order valence-corrected chi connectivity index (χ2v) is 6.92. The van der Waals surface area contributed by atoms with Gasteiger partial charge in [-0.1, -0.05) is 37.3 Å². The molecule has 3 rings (SSSR count). The Morgan fingerprint density at radius 2 is 2.00 bits per heavy atom. The van der Waals surface area contributed by atoms with Crippen molar-refractivity contribution in [3.05, 3.63) is 47.9 Å². The molecule has 23 heavy (non-hydrogen) atoms. The Morgan fingerprint density at radius 1 is 1.26 bits per heavy atom. The maximum Gasteiger partial charge on any atom is 0.143 e. The lowest BCUT2D eigenvalue weighted by Gasteiger charge is -2.40. The zero-order valence-corrected chi connectivity index (χ0v) is 14.2. The van der Waals surface area contributed by atoms with Crippen LogP contribution in [0.15, 0.2) is 36.4 Å². The molecule has 0 aliphatic carbocycles. The molecule has 4 nitrogen and oxygen atoms in total. The largest absolute Gasteiger partial charge is 0.390 e. The highest BCUT2D eigenvalue weighted by Crippen LogP contribution is 2.28. The third-order valence-electron chi connectivity index (χ3n) is 4.86. The Morgan fingerprint density at radius 3 is 2.70 bits per heavy atom. The molecule has 4 heteroatoms. The molecule has 1 aromatic heterocycles. The highest BCUT2D eigenvalue weighted by Gasteiger charge is 2.34. The number of hydrogen-bond acceptors (Lipinski definition) is 4. The molecule has 2 aromatic rings. The summed E-state index contributed by atoms with van der Waals surface area (Å²) < 4.78 is 0. The van der Waals surface area contributed by atoms with Crippen molar-refractivity contribution in [3.8, 4) is 11.3 Å². The summed E-state index contributed by atoms with van der Waals surface area (Å²) in [6.07, 6.45) is 0.797. The van der Waals surface area contributed by atoms with Crippen LogP contribution in [0, 0.1) is 12.8 Å². The van der Waals surface area contributed by atoms with Crippen LogP contribution < -0.4 is 0 Å². The fourth-order valence-electron chi connectivity index (χ4n) is 3.11. The van der Waals surface area contributed by atoms with Gasteiger partial charge in [-0.2, -0.15) is 0 Å². The van der Waals surface area contributed by atoms with E-state index in [9.17, 15) is 5.11 Å². The predicted octanol–water partition coefficient (Wildman–Crippen LogP) is 3.04. The van der Waals surface area contributed by atoms with Crippen LogP contribution in [0.5, 0.6) is 0 Å². The SMILES string of the molecule is Cc1cc(-c2ccccc2)nc(CN2CC[C@@](C)(O)[C@@H](C)C2)n1. The van der Waals surface area contributed by atoms with Gasteiger partial charge in [0.05, 0.1) is 17.8 Å². The molecule has 0 amide bonds. The summed E-state index contributed by atoms with van der Waals surface area (Å²) in [4.78, 5) is 11.7. The Kier molecular flexibility index (Phi) is 4.46. The van der Waals surface area contributed by atoms with Crippen molar-refractivity contribution in [2.24, 2.45) is 5.92 Å². The zero-order valence-electron chi connectivity index (χ0n) is 14.2. The number of nitrogens with zero attached hydrogens (tertiary/aromatic N) is 3. The number of rotatable bonds is 3. The minimum atomic E-state index is -0.556. The molecular formula is C19H25N3O. The number of likely N-dealkylation sites (tertiary alicyclic amines) is 1. The van der Waals surface area contributed by atoms with E-state index in [0.717, 1.165) is 48.8 Å². The number of aliphatic hydroxyl groups is 1. The normalized spacial score (nSPS) is 25.5. The Labute approximate surface area is 138 Å². The molecule has 1 fully saturated rings. The van der Waals surface area contributed by atoms with Gasteiger partial charge >= 0.3 is 0 Å². The maximum atomic E-state index is 10.3. The first-order chi connectivity index (χ1) is 10.9. The summed E-state index contributed by atoms with van der Waals surface area (Å²) in [6.45, 7) is 8.56. The van der Waals surface area contributed by atoms with Gasteiger partial charge in [-0.05, 0) is 32.3 Å². The smallest absolute Gasteiger partial charge is 0.143 e. The van der Waals surface area contributed by atoms with Crippen LogP contribution in [0.3, 0.4) is 0 Å². The molecule has 1 saturated heterocycles. The van der Waals surface area contributed by atoms with Gasteiger partial charge in [0.2, 0.25) is 0 Å². The van der Waals surface area contributed by atoms with E-state index in [0.29, 0.717) is 0 Å². The number of aryl methyl sites for hydroxylation is 1. The molecule has 1 N–H and O–H groups in total. The van der Waals surface area contributed by atoms with Gasteiger partial charge < -0.3 is 5.11 Å². The summed E-state index contributed by atoms with van der Waals surface area (Å²) in [6, 6.07) is 12.3. The van der Waals surface area contributed by atoms with E-state index in [1.54, 1.807) is 0 Å². The molecule has 0 bridgehead atoms. The minimum absolute atomic E-state index is 0.259. The van der Waals surface area contributed by atoms with Gasteiger partial charge in [0, 0.05) is 24.3 Å². The topological polar surface area (TPSA) is 49.2 Å². The van der Waals surface area contributed by atoms with Crippen molar-refractivity contribution in [1.82, 2.24) is 14.9 Å². The average Bonchev–Trinajstić information content (AvgIpc) is 2.52. The second-order valence-electron chi connectivity index (χ2n) is 6.92. The molecule has 1 aromatic carbocycles. The first-order valence-corrected chi connectivity index (χ1v) is 8.29. The van der Waals surface area contributed by atoms with E-state index in [-0.39, 0.29) is 5.92 Å². The molecule has 0 spiro atoms. The first-order valence-electron chi connectivity index (χ1n) is 8.29. The third kappa shape index (κ3) is 3.77. The van der Waals surface area contributed by atoms with Crippen LogP contribution in [0.1, 0.15) is 31.8 Å². The van der Waals surface area contributed by atoms with Crippen molar-refractivity contribution < 1.29 is 5.11 Å². The number of benzene rings is 1. The van der Waals surface area contributed by atoms with Crippen LogP contribution in [0.25, 0.3) is 11.3 Å². The summed E-state index contributed by atoms with van der Waals surface area (Å²) in [5.41, 5.74) is 2.53. The number of piperidine rings is 1. The number of hydrogen-bond donors (Lipinski definition) is 1. The van der Waals surface area contributed by atoms with Crippen molar-refractivity contribution in [2.45, 2.75) is 39.3 Å². The summed E-state index contributed by atoms with van der Waals surface area (Å²) >= 11 is 0. The van der Waals surface area contributed by atoms with Gasteiger partial charge in [0.25, 0.3) is 0 Å². The third-order valence-corrected chi connectivity index (χ3v) is 4.86. The van der Waals surface area contributed by atoms with Gasteiger partial charge in [-0.15, -0.1) is 0 Å². The summed E-state index contributed by atoms with van der Waals surface area (Å²) in [7, 11) is 0. The van der Waals surface area contributed by atoms with Crippen molar-refractivity contribution in [3.63, 3.8) is 0 Å². The van der Waals surface area contributed by atoms with Gasteiger partial charge in [-0.25, -0.2) is 9.97 Å². The van der Waals surface area contributed by atoms with Gasteiger partial charge in [0.1, 0.15) is 5.82 Å². The quantitative estimate of drug-likeness (QED) is 0.946. The Balaban J connectivity index is 1.78. The molecular weight excluding hydrogens is 286 g/mol. The monoisotopic (exact) mass is 311 g/mol. The Hall–Kier alpha value is -1.78. The predicted molar refractivity (Wildman–Crippen MR) is 91.9 cm³/mol. The molecule has 2 atom stereocenters. The van der Waals surface area contributed by atoms with Crippen LogP contribution in [0.2, 0.25) is 0 Å². The van der Waals surface area contributed by atoms with Crippen LogP contribution in [-0.4, -0.2) is 38.7 Å². The van der Waals surface area contributed by atoms with Gasteiger partial charge in [-0.3, -0.25) is 4.90 Å². The molecule has 0 saturated carbocycles.